The van der Waals surface area contributed by atoms with E-state index in [9.17, 15) is 4.79 Å². The first-order valence-corrected chi connectivity index (χ1v) is 10.0. The molecule has 0 bridgehead atoms. The highest BCUT2D eigenvalue weighted by atomic mass is 79.9. The van der Waals surface area contributed by atoms with E-state index < -0.39 is 0 Å². The van der Waals surface area contributed by atoms with Crippen molar-refractivity contribution in [2.24, 2.45) is 0 Å². The fourth-order valence-corrected chi connectivity index (χ4v) is 3.38. The van der Waals surface area contributed by atoms with E-state index in [2.05, 4.69) is 50.6 Å². The molecular weight excluding hydrogens is 402 g/mol. The van der Waals surface area contributed by atoms with Crippen LogP contribution < -0.4 is 5.32 Å². The molecule has 4 nitrogen and oxygen atoms in total. The molecular formula is C22H24BrN3O. The Balaban J connectivity index is 1.50. The molecule has 0 aliphatic rings. The van der Waals surface area contributed by atoms with Gasteiger partial charge < -0.3 is 9.88 Å². The molecule has 0 fully saturated rings. The Bertz CT molecular complexity index is 918. The van der Waals surface area contributed by atoms with Crippen LogP contribution in [0.2, 0.25) is 0 Å². The Hall–Kier alpha value is -2.40. The molecule has 0 aliphatic heterocycles. The molecule has 0 spiro atoms. The van der Waals surface area contributed by atoms with E-state index in [-0.39, 0.29) is 5.91 Å². The number of para-hydroxylation sites is 2. The second-order valence-corrected chi connectivity index (χ2v) is 7.68. The summed E-state index contributed by atoms with van der Waals surface area (Å²) in [5.41, 5.74) is 3.30. The maximum absolute atomic E-state index is 12.0. The Labute approximate surface area is 168 Å². The maximum Gasteiger partial charge on any atom is 0.220 e. The molecule has 0 atom stereocenters. The Morgan fingerprint density at radius 1 is 1.07 bits per heavy atom. The quantitative estimate of drug-likeness (QED) is 0.508. The van der Waals surface area contributed by atoms with Crippen molar-refractivity contribution in [1.29, 1.82) is 0 Å². The van der Waals surface area contributed by atoms with Crippen molar-refractivity contribution in [3.63, 3.8) is 0 Å². The van der Waals surface area contributed by atoms with E-state index in [0.29, 0.717) is 19.5 Å². The molecule has 0 aliphatic carbocycles. The van der Waals surface area contributed by atoms with Crippen LogP contribution in [-0.4, -0.2) is 22.0 Å². The van der Waals surface area contributed by atoms with Crippen LogP contribution in [0.25, 0.3) is 11.0 Å². The summed E-state index contributed by atoms with van der Waals surface area (Å²) in [4.78, 5) is 16.8. The van der Waals surface area contributed by atoms with Gasteiger partial charge in [-0.3, -0.25) is 4.79 Å². The summed E-state index contributed by atoms with van der Waals surface area (Å²) < 4.78 is 3.10. The van der Waals surface area contributed by atoms with Crippen LogP contribution in [0.5, 0.6) is 0 Å². The number of hydrogen-bond donors (Lipinski definition) is 1. The number of benzene rings is 2. The second kappa shape index (κ2) is 9.51. The average Bonchev–Trinajstić information content (AvgIpc) is 3.01. The Morgan fingerprint density at radius 3 is 2.59 bits per heavy atom. The van der Waals surface area contributed by atoms with Gasteiger partial charge in [0.1, 0.15) is 5.82 Å². The smallest absolute Gasteiger partial charge is 0.220 e. The van der Waals surface area contributed by atoms with Crippen molar-refractivity contribution in [3.8, 4) is 0 Å². The van der Waals surface area contributed by atoms with Crippen molar-refractivity contribution in [2.75, 3.05) is 6.54 Å². The summed E-state index contributed by atoms with van der Waals surface area (Å²) in [5.74, 6) is 1.12. The standard InChI is InChI=1S/C22H24BrN3O/c1-17(23)16-26-20-11-6-5-10-19(20)25-21(26)12-7-15-24-22(27)14-13-18-8-3-2-4-9-18/h2-6,8-11H,1,7,12-16H2,(H,24,27). The van der Waals surface area contributed by atoms with Gasteiger partial charge in [-0.1, -0.05) is 65.0 Å². The van der Waals surface area contributed by atoms with Gasteiger partial charge in [0, 0.05) is 23.9 Å². The van der Waals surface area contributed by atoms with Gasteiger partial charge in [0.15, 0.2) is 0 Å². The molecule has 1 aromatic heterocycles. The van der Waals surface area contributed by atoms with Crippen LogP contribution in [0.4, 0.5) is 0 Å². The second-order valence-electron chi connectivity index (χ2n) is 6.56. The van der Waals surface area contributed by atoms with Crippen molar-refractivity contribution < 1.29 is 4.79 Å². The number of imidazole rings is 1. The number of nitrogens with zero attached hydrogens (tertiary/aromatic N) is 2. The number of carbonyl (C=O) groups excluding carboxylic acids is 1. The minimum atomic E-state index is 0.0983. The van der Waals surface area contributed by atoms with Gasteiger partial charge in [-0.15, -0.1) is 0 Å². The van der Waals surface area contributed by atoms with Gasteiger partial charge >= 0.3 is 0 Å². The number of aryl methyl sites for hydroxylation is 2. The summed E-state index contributed by atoms with van der Waals surface area (Å²) in [6.07, 6.45) is 2.96. The number of nitrogens with one attached hydrogen (secondary N) is 1. The zero-order valence-electron chi connectivity index (χ0n) is 15.3. The summed E-state index contributed by atoms with van der Waals surface area (Å²) in [5, 5.41) is 3.01. The number of allylic oxidation sites excluding steroid dienone is 1. The third-order valence-electron chi connectivity index (χ3n) is 4.45. The van der Waals surface area contributed by atoms with E-state index in [0.717, 1.165) is 40.6 Å². The number of aromatic nitrogens is 2. The SMILES string of the molecule is C=C(Br)Cn1c(CCCNC(=O)CCc2ccccc2)nc2ccccc21. The number of amides is 1. The summed E-state index contributed by atoms with van der Waals surface area (Å²) in [6.45, 7) is 5.31. The fraction of sp³-hybridized carbons (Fsp3) is 0.273. The lowest BCUT2D eigenvalue weighted by Gasteiger charge is -2.09. The lowest BCUT2D eigenvalue weighted by Crippen LogP contribution is -2.25. The van der Waals surface area contributed by atoms with Gasteiger partial charge in [-0.05, 0) is 30.5 Å². The third-order valence-corrected chi connectivity index (χ3v) is 4.70. The Morgan fingerprint density at radius 2 is 1.81 bits per heavy atom. The van der Waals surface area contributed by atoms with Crippen molar-refractivity contribution >= 4 is 32.9 Å². The predicted molar refractivity (Wildman–Crippen MR) is 114 cm³/mol. The first kappa shape index (κ1) is 19.4. The molecule has 140 valence electrons. The highest BCUT2D eigenvalue weighted by Crippen LogP contribution is 2.19. The molecule has 5 heteroatoms. The Kier molecular flexibility index (Phi) is 6.82. The number of carbonyl (C=O) groups is 1. The van der Waals surface area contributed by atoms with Crippen molar-refractivity contribution in [2.45, 2.75) is 32.2 Å². The summed E-state index contributed by atoms with van der Waals surface area (Å²) in [6, 6.07) is 18.2. The van der Waals surface area contributed by atoms with Gasteiger partial charge in [0.05, 0.1) is 17.6 Å². The number of fused-ring (bicyclic) bond motifs is 1. The van der Waals surface area contributed by atoms with E-state index in [1.165, 1.54) is 5.56 Å². The first-order chi connectivity index (χ1) is 13.1. The molecule has 2 aromatic carbocycles. The molecule has 0 unspecified atom stereocenters. The molecule has 27 heavy (non-hydrogen) atoms. The molecule has 0 saturated carbocycles. The molecule has 1 N–H and O–H groups in total. The zero-order chi connectivity index (χ0) is 19.1. The van der Waals surface area contributed by atoms with Crippen molar-refractivity contribution in [1.82, 2.24) is 14.9 Å². The van der Waals surface area contributed by atoms with Crippen LogP contribution in [0.15, 0.2) is 65.7 Å². The summed E-state index contributed by atoms with van der Waals surface area (Å²) >= 11 is 3.45. The molecule has 3 rings (SSSR count). The van der Waals surface area contributed by atoms with E-state index in [1.807, 2.05) is 36.4 Å². The van der Waals surface area contributed by atoms with Crippen molar-refractivity contribution in [3.05, 3.63) is 77.0 Å². The highest BCUT2D eigenvalue weighted by molar-refractivity contribution is 9.11. The highest BCUT2D eigenvalue weighted by Gasteiger charge is 2.10. The van der Waals surface area contributed by atoms with E-state index in [1.54, 1.807) is 0 Å². The molecule has 0 saturated heterocycles. The molecule has 3 aromatic rings. The lowest BCUT2D eigenvalue weighted by molar-refractivity contribution is -0.121. The fourth-order valence-electron chi connectivity index (χ4n) is 3.13. The maximum atomic E-state index is 12.0. The number of halogens is 1. The minimum Gasteiger partial charge on any atom is -0.356 e. The first-order valence-electron chi connectivity index (χ1n) is 9.21. The number of hydrogen-bond acceptors (Lipinski definition) is 2. The van der Waals surface area contributed by atoms with E-state index >= 15 is 0 Å². The monoisotopic (exact) mass is 425 g/mol. The van der Waals surface area contributed by atoms with Crippen LogP contribution in [0.1, 0.15) is 24.2 Å². The molecule has 1 amide bonds. The van der Waals surface area contributed by atoms with Gasteiger partial charge in [0.25, 0.3) is 0 Å². The predicted octanol–water partition coefficient (Wildman–Crippen LogP) is 4.63. The molecule has 1 heterocycles. The largest absolute Gasteiger partial charge is 0.356 e. The van der Waals surface area contributed by atoms with Crippen LogP contribution in [0, 0.1) is 0 Å². The summed E-state index contributed by atoms with van der Waals surface area (Å²) in [7, 11) is 0. The lowest BCUT2D eigenvalue weighted by atomic mass is 10.1. The third kappa shape index (κ3) is 5.54. The topological polar surface area (TPSA) is 46.9 Å². The molecule has 0 radical (unpaired) electrons. The normalized spacial score (nSPS) is 10.9. The van der Waals surface area contributed by atoms with Crippen LogP contribution >= 0.6 is 15.9 Å². The van der Waals surface area contributed by atoms with Gasteiger partial charge in [-0.2, -0.15) is 0 Å². The van der Waals surface area contributed by atoms with Crippen LogP contribution in [0.3, 0.4) is 0 Å². The number of rotatable bonds is 9. The zero-order valence-corrected chi connectivity index (χ0v) is 16.9. The van der Waals surface area contributed by atoms with Gasteiger partial charge in [0.2, 0.25) is 5.91 Å². The van der Waals surface area contributed by atoms with Crippen LogP contribution in [-0.2, 0) is 24.2 Å². The van der Waals surface area contributed by atoms with E-state index in [4.69, 9.17) is 4.98 Å². The minimum absolute atomic E-state index is 0.0983. The average molecular weight is 426 g/mol. The van der Waals surface area contributed by atoms with Gasteiger partial charge in [-0.25, -0.2) is 4.98 Å².